The van der Waals surface area contributed by atoms with Gasteiger partial charge < -0.3 is 8.98 Å². The molecule has 4 heterocycles. The molecule has 0 fully saturated rings. The molecule has 0 radical (unpaired) electrons. The summed E-state index contributed by atoms with van der Waals surface area (Å²) < 4.78 is 8.68. The van der Waals surface area contributed by atoms with Crippen LogP contribution in [0.25, 0.3) is 94.7 Å². The van der Waals surface area contributed by atoms with Gasteiger partial charge in [-0.15, -0.1) is 0 Å². The zero-order chi connectivity index (χ0) is 33.0. The number of aromatic nitrogens is 5. The summed E-state index contributed by atoms with van der Waals surface area (Å²) in [6.07, 6.45) is 3.72. The van der Waals surface area contributed by atoms with Crippen molar-refractivity contribution in [2.45, 2.75) is 0 Å². The van der Waals surface area contributed by atoms with E-state index in [1.165, 1.54) is 0 Å². The van der Waals surface area contributed by atoms with Crippen LogP contribution in [0, 0.1) is 0 Å². The van der Waals surface area contributed by atoms with Gasteiger partial charge in [0.25, 0.3) is 0 Å². The van der Waals surface area contributed by atoms with E-state index in [9.17, 15) is 0 Å². The highest BCUT2D eigenvalue weighted by atomic mass is 16.3. The molecule has 10 rings (SSSR count). The predicted molar refractivity (Wildman–Crippen MR) is 201 cm³/mol. The van der Waals surface area contributed by atoms with Gasteiger partial charge in [0.2, 0.25) is 0 Å². The molecule has 50 heavy (non-hydrogen) atoms. The van der Waals surface area contributed by atoms with Gasteiger partial charge in [-0.1, -0.05) is 121 Å². The smallest absolute Gasteiger partial charge is 0.165 e. The predicted octanol–water partition coefficient (Wildman–Crippen LogP) is 10.9. The SMILES string of the molecule is c1ccc(-c2nc(-c3ccccc3)nc(-c3cncc(-n4c5ccccc5c5cc(-c6cccc7c6oc6ccccc67)ccc54)c3)n2)cc1. The number of fused-ring (bicyclic) bond motifs is 6. The van der Waals surface area contributed by atoms with Crippen LogP contribution in [0.15, 0.2) is 168 Å². The molecule has 6 nitrogen and oxygen atoms in total. The van der Waals surface area contributed by atoms with Crippen molar-refractivity contribution in [3.63, 3.8) is 0 Å². The maximum atomic E-state index is 6.41. The van der Waals surface area contributed by atoms with Gasteiger partial charge in [0.05, 0.1) is 22.9 Å². The van der Waals surface area contributed by atoms with E-state index in [0.29, 0.717) is 17.5 Å². The van der Waals surface area contributed by atoms with Crippen LogP contribution in [-0.2, 0) is 0 Å². The van der Waals surface area contributed by atoms with Crippen molar-refractivity contribution in [2.24, 2.45) is 0 Å². The first-order valence-corrected chi connectivity index (χ1v) is 16.5. The Labute approximate surface area is 287 Å². The van der Waals surface area contributed by atoms with Gasteiger partial charge in [0, 0.05) is 50.0 Å². The van der Waals surface area contributed by atoms with Crippen molar-refractivity contribution in [3.05, 3.63) is 164 Å². The monoisotopic (exact) mass is 641 g/mol. The normalized spacial score (nSPS) is 11.6. The van der Waals surface area contributed by atoms with Gasteiger partial charge >= 0.3 is 0 Å². The highest BCUT2D eigenvalue weighted by Gasteiger charge is 2.18. The summed E-state index contributed by atoms with van der Waals surface area (Å²) in [6.45, 7) is 0. The molecule has 0 saturated heterocycles. The van der Waals surface area contributed by atoms with Crippen LogP contribution in [0.5, 0.6) is 0 Å². The van der Waals surface area contributed by atoms with Crippen LogP contribution < -0.4 is 0 Å². The summed E-state index contributed by atoms with van der Waals surface area (Å²) in [5.41, 5.74) is 9.71. The minimum Gasteiger partial charge on any atom is -0.455 e. The highest BCUT2D eigenvalue weighted by Crippen LogP contribution is 2.39. The van der Waals surface area contributed by atoms with E-state index in [4.69, 9.17) is 24.4 Å². The summed E-state index contributed by atoms with van der Waals surface area (Å²) in [5, 5.41) is 4.55. The molecular weight excluding hydrogens is 615 g/mol. The lowest BCUT2D eigenvalue weighted by Gasteiger charge is -2.11. The third-order valence-electron chi connectivity index (χ3n) is 9.33. The molecule has 0 spiro atoms. The quantitative estimate of drug-likeness (QED) is 0.187. The van der Waals surface area contributed by atoms with E-state index in [-0.39, 0.29) is 0 Å². The molecule has 4 aromatic heterocycles. The van der Waals surface area contributed by atoms with Crippen LogP contribution in [0.1, 0.15) is 0 Å². The zero-order valence-corrected chi connectivity index (χ0v) is 26.7. The topological polar surface area (TPSA) is 69.6 Å². The second-order valence-corrected chi connectivity index (χ2v) is 12.3. The Hall–Kier alpha value is -6.92. The van der Waals surface area contributed by atoms with Gasteiger partial charge in [0.15, 0.2) is 17.5 Å². The van der Waals surface area contributed by atoms with Gasteiger partial charge in [-0.25, -0.2) is 15.0 Å². The second-order valence-electron chi connectivity index (χ2n) is 12.3. The van der Waals surface area contributed by atoms with E-state index in [1.807, 2.05) is 85.2 Å². The van der Waals surface area contributed by atoms with Crippen molar-refractivity contribution >= 4 is 43.7 Å². The molecule has 0 amide bonds. The first-order valence-electron chi connectivity index (χ1n) is 16.5. The maximum Gasteiger partial charge on any atom is 0.165 e. The molecule has 6 heteroatoms. The standard InChI is InChI=1S/C44H27N5O/c1-3-12-28(13-4-1)42-46-43(29-14-5-2-6-15-29)48-44(47-42)31-24-32(27-45-26-31)49-38-20-9-7-16-34(38)37-25-30(22-23-39(37)49)33-18-11-19-36-35-17-8-10-21-40(35)50-41(33)36/h1-27H. The highest BCUT2D eigenvalue weighted by molar-refractivity contribution is 6.13. The molecule has 234 valence electrons. The average molecular weight is 642 g/mol. The lowest BCUT2D eigenvalue weighted by atomic mass is 10.0. The van der Waals surface area contributed by atoms with Crippen LogP contribution in [0.3, 0.4) is 0 Å². The molecule has 0 bridgehead atoms. The Morgan fingerprint density at radius 2 is 1.04 bits per heavy atom. The fraction of sp³-hybridized carbons (Fsp3) is 0. The summed E-state index contributed by atoms with van der Waals surface area (Å²) in [6, 6.07) is 51.9. The average Bonchev–Trinajstić information content (AvgIpc) is 3.74. The molecule has 6 aromatic carbocycles. The Balaban J connectivity index is 1.14. The first kappa shape index (κ1) is 28.1. The maximum absolute atomic E-state index is 6.41. The molecule has 0 aliphatic carbocycles. The molecule has 0 aliphatic rings. The summed E-state index contributed by atoms with van der Waals surface area (Å²) >= 11 is 0. The number of hydrogen-bond acceptors (Lipinski definition) is 5. The number of rotatable bonds is 5. The van der Waals surface area contributed by atoms with E-state index in [2.05, 4.69) is 83.4 Å². The van der Waals surface area contributed by atoms with E-state index >= 15 is 0 Å². The van der Waals surface area contributed by atoms with Gasteiger partial charge in [0.1, 0.15) is 11.2 Å². The fourth-order valence-corrected chi connectivity index (χ4v) is 7.00. The summed E-state index contributed by atoms with van der Waals surface area (Å²) in [5.74, 6) is 1.79. The van der Waals surface area contributed by atoms with Crippen LogP contribution in [-0.4, -0.2) is 24.5 Å². The van der Waals surface area contributed by atoms with Crippen LogP contribution >= 0.6 is 0 Å². The first-order chi connectivity index (χ1) is 24.8. The van der Waals surface area contributed by atoms with Gasteiger partial charge in [-0.3, -0.25) is 4.98 Å². The third-order valence-corrected chi connectivity index (χ3v) is 9.33. The molecule has 0 atom stereocenters. The Bertz CT molecular complexity index is 2820. The number of benzene rings is 6. The number of hydrogen-bond donors (Lipinski definition) is 0. The van der Waals surface area contributed by atoms with E-state index in [0.717, 1.165) is 77.2 Å². The van der Waals surface area contributed by atoms with Crippen molar-refractivity contribution in [2.75, 3.05) is 0 Å². The van der Waals surface area contributed by atoms with Gasteiger partial charge in [-0.2, -0.15) is 0 Å². The Morgan fingerprint density at radius 3 is 1.80 bits per heavy atom. The molecule has 0 saturated carbocycles. The van der Waals surface area contributed by atoms with E-state index < -0.39 is 0 Å². The molecular formula is C44H27N5O. The zero-order valence-electron chi connectivity index (χ0n) is 26.7. The Kier molecular flexibility index (Phi) is 6.39. The largest absolute Gasteiger partial charge is 0.455 e. The van der Waals surface area contributed by atoms with E-state index in [1.54, 1.807) is 0 Å². The second kappa shape index (κ2) is 11.4. The number of para-hydroxylation sites is 3. The van der Waals surface area contributed by atoms with Crippen molar-refractivity contribution < 1.29 is 4.42 Å². The van der Waals surface area contributed by atoms with Crippen molar-refractivity contribution in [1.82, 2.24) is 24.5 Å². The lowest BCUT2D eigenvalue weighted by Crippen LogP contribution is -2.01. The van der Waals surface area contributed by atoms with Crippen molar-refractivity contribution in [1.29, 1.82) is 0 Å². The fourth-order valence-electron chi connectivity index (χ4n) is 7.00. The Morgan fingerprint density at radius 1 is 0.420 bits per heavy atom. The third kappa shape index (κ3) is 4.58. The summed E-state index contributed by atoms with van der Waals surface area (Å²) in [7, 11) is 0. The molecule has 0 N–H and O–H groups in total. The summed E-state index contributed by atoms with van der Waals surface area (Å²) in [4.78, 5) is 19.5. The molecule has 0 unspecified atom stereocenters. The minimum absolute atomic E-state index is 0.564. The number of furan rings is 1. The number of nitrogens with zero attached hydrogens (tertiary/aromatic N) is 5. The molecule has 0 aliphatic heterocycles. The lowest BCUT2D eigenvalue weighted by molar-refractivity contribution is 0.670. The van der Waals surface area contributed by atoms with Crippen LogP contribution in [0.2, 0.25) is 0 Å². The minimum atomic E-state index is 0.564. The molecule has 10 aromatic rings. The number of pyridine rings is 1. The van der Waals surface area contributed by atoms with Crippen LogP contribution in [0.4, 0.5) is 0 Å². The van der Waals surface area contributed by atoms with Gasteiger partial charge in [-0.05, 0) is 35.9 Å². The van der Waals surface area contributed by atoms with Crippen molar-refractivity contribution in [3.8, 4) is 51.0 Å².